The Morgan fingerprint density at radius 2 is 2.10 bits per heavy atom. The van der Waals surface area contributed by atoms with Crippen molar-refractivity contribution in [1.82, 2.24) is 4.98 Å². The molecule has 2 aromatic rings. The van der Waals surface area contributed by atoms with Crippen molar-refractivity contribution in [1.29, 1.82) is 0 Å². The lowest BCUT2D eigenvalue weighted by molar-refractivity contribution is -0.138. The Balaban J connectivity index is 1.88. The third kappa shape index (κ3) is 2.39. The summed E-state index contributed by atoms with van der Waals surface area (Å²) >= 11 is 1.41. The van der Waals surface area contributed by atoms with E-state index >= 15 is 0 Å². The second-order valence-corrected chi connectivity index (χ2v) is 5.61. The zero-order chi connectivity index (χ0) is 14.1. The zero-order valence-electron chi connectivity index (χ0n) is 10.6. The fourth-order valence-electron chi connectivity index (χ4n) is 2.40. The highest BCUT2D eigenvalue weighted by Gasteiger charge is 2.37. The van der Waals surface area contributed by atoms with Gasteiger partial charge in [-0.3, -0.25) is 0 Å². The van der Waals surface area contributed by atoms with E-state index < -0.39 is 18.1 Å². The molecule has 2 unspecified atom stereocenters. The number of aromatic nitrogens is 1. The number of hydrogen-bond donors (Lipinski definition) is 2. The van der Waals surface area contributed by atoms with Crippen molar-refractivity contribution in [3.05, 3.63) is 35.7 Å². The summed E-state index contributed by atoms with van der Waals surface area (Å²) in [4.78, 5) is 17.4. The summed E-state index contributed by atoms with van der Waals surface area (Å²) < 4.78 is 0. The molecule has 0 radical (unpaired) electrons. The highest BCUT2D eigenvalue weighted by molar-refractivity contribution is 7.14. The van der Waals surface area contributed by atoms with E-state index in [1.54, 1.807) is 4.90 Å². The smallest absolute Gasteiger partial charge is 0.326 e. The van der Waals surface area contributed by atoms with Crippen molar-refractivity contribution in [3.8, 4) is 11.3 Å². The molecule has 0 amide bonds. The van der Waals surface area contributed by atoms with E-state index in [2.05, 4.69) is 4.98 Å². The number of nitrogens with zero attached hydrogens (tertiary/aromatic N) is 2. The Kier molecular flexibility index (Phi) is 3.42. The molecule has 104 valence electrons. The first-order valence-corrected chi connectivity index (χ1v) is 7.21. The van der Waals surface area contributed by atoms with Crippen LogP contribution in [0.15, 0.2) is 35.7 Å². The maximum absolute atomic E-state index is 11.2. The highest BCUT2D eigenvalue weighted by atomic mass is 32.1. The fourth-order valence-corrected chi connectivity index (χ4v) is 3.29. The number of β-amino-alcohol motifs (C(OH)–C–C–N with tert-alkyl or cyclic N) is 1. The molecule has 1 aliphatic rings. The van der Waals surface area contributed by atoms with Crippen molar-refractivity contribution in [2.75, 3.05) is 11.4 Å². The van der Waals surface area contributed by atoms with Crippen LogP contribution in [0.4, 0.5) is 5.13 Å². The van der Waals surface area contributed by atoms with Gasteiger partial charge in [-0.25, -0.2) is 9.78 Å². The van der Waals surface area contributed by atoms with Gasteiger partial charge in [0.2, 0.25) is 0 Å². The zero-order valence-corrected chi connectivity index (χ0v) is 11.5. The normalized spacial score (nSPS) is 22.1. The first-order valence-electron chi connectivity index (χ1n) is 6.33. The molecule has 0 aliphatic carbocycles. The van der Waals surface area contributed by atoms with Crippen LogP contribution in [0.5, 0.6) is 0 Å². The number of anilines is 1. The molecular formula is C14H14N2O3S. The van der Waals surface area contributed by atoms with Crippen molar-refractivity contribution in [2.24, 2.45) is 0 Å². The molecule has 1 aromatic heterocycles. The van der Waals surface area contributed by atoms with E-state index in [1.165, 1.54) is 11.3 Å². The van der Waals surface area contributed by atoms with Crippen LogP contribution in [0, 0.1) is 0 Å². The van der Waals surface area contributed by atoms with Gasteiger partial charge in [0.1, 0.15) is 6.04 Å². The summed E-state index contributed by atoms with van der Waals surface area (Å²) in [6.07, 6.45) is -0.365. The lowest BCUT2D eigenvalue weighted by atomic mass is 10.2. The van der Waals surface area contributed by atoms with Crippen LogP contribution in [0.25, 0.3) is 11.3 Å². The van der Waals surface area contributed by atoms with E-state index in [1.807, 2.05) is 35.7 Å². The van der Waals surface area contributed by atoms with Crippen molar-refractivity contribution >= 4 is 22.4 Å². The van der Waals surface area contributed by atoms with Gasteiger partial charge in [0.05, 0.1) is 11.8 Å². The summed E-state index contributed by atoms with van der Waals surface area (Å²) in [5.74, 6) is -0.919. The first-order chi connectivity index (χ1) is 9.65. The highest BCUT2D eigenvalue weighted by Crippen LogP contribution is 2.32. The van der Waals surface area contributed by atoms with Crippen LogP contribution in [-0.4, -0.2) is 39.9 Å². The van der Waals surface area contributed by atoms with Gasteiger partial charge in [-0.15, -0.1) is 11.3 Å². The molecule has 6 heteroatoms. The minimum absolute atomic E-state index is 0.246. The first kappa shape index (κ1) is 13.1. The number of thiazole rings is 1. The van der Waals surface area contributed by atoms with Crippen LogP contribution in [0.2, 0.25) is 0 Å². The number of carbonyl (C=O) groups is 1. The summed E-state index contributed by atoms with van der Waals surface area (Å²) in [5, 5.41) is 21.4. The molecule has 1 fully saturated rings. The Morgan fingerprint density at radius 3 is 2.80 bits per heavy atom. The predicted octanol–water partition coefficient (Wildman–Crippen LogP) is 1.83. The van der Waals surface area contributed by atoms with E-state index in [0.29, 0.717) is 11.7 Å². The maximum atomic E-state index is 11.2. The van der Waals surface area contributed by atoms with E-state index in [0.717, 1.165) is 11.3 Å². The molecule has 20 heavy (non-hydrogen) atoms. The lowest BCUT2D eigenvalue weighted by Crippen LogP contribution is -2.35. The van der Waals surface area contributed by atoms with Crippen LogP contribution >= 0.6 is 11.3 Å². The van der Waals surface area contributed by atoms with Gasteiger partial charge in [-0.2, -0.15) is 0 Å². The fraction of sp³-hybridized carbons (Fsp3) is 0.286. The Labute approximate surface area is 120 Å². The van der Waals surface area contributed by atoms with Crippen LogP contribution in [0.1, 0.15) is 6.42 Å². The molecule has 0 saturated carbocycles. The number of aliphatic carboxylic acids is 1. The van der Waals surface area contributed by atoms with Gasteiger partial charge >= 0.3 is 5.97 Å². The van der Waals surface area contributed by atoms with Gasteiger partial charge in [-0.1, -0.05) is 30.3 Å². The third-order valence-corrected chi connectivity index (χ3v) is 4.25. The molecule has 1 saturated heterocycles. The lowest BCUT2D eigenvalue weighted by Gasteiger charge is -2.19. The number of hydrogen-bond acceptors (Lipinski definition) is 5. The minimum Gasteiger partial charge on any atom is -0.480 e. The third-order valence-electron chi connectivity index (χ3n) is 3.37. The molecule has 2 atom stereocenters. The molecule has 5 nitrogen and oxygen atoms in total. The second-order valence-electron chi connectivity index (χ2n) is 4.78. The Morgan fingerprint density at radius 1 is 1.35 bits per heavy atom. The Bertz CT molecular complexity index is 614. The second kappa shape index (κ2) is 5.22. The summed E-state index contributed by atoms with van der Waals surface area (Å²) in [6.45, 7) is 0.318. The molecule has 0 bridgehead atoms. The van der Waals surface area contributed by atoms with E-state index in [-0.39, 0.29) is 6.42 Å². The number of carboxylic acid groups (broad SMARTS) is 1. The standard InChI is InChI=1S/C14H14N2O3S/c17-10-6-12(13(18)19)16(7-10)14-15-11(8-20-14)9-4-2-1-3-5-9/h1-5,8,10,12,17H,6-7H2,(H,18,19). The van der Waals surface area contributed by atoms with Gasteiger partial charge in [0.15, 0.2) is 5.13 Å². The largest absolute Gasteiger partial charge is 0.480 e. The van der Waals surface area contributed by atoms with Gasteiger partial charge in [0, 0.05) is 23.9 Å². The van der Waals surface area contributed by atoms with Crippen molar-refractivity contribution in [2.45, 2.75) is 18.6 Å². The Hall–Kier alpha value is -1.92. The summed E-state index contributed by atoms with van der Waals surface area (Å²) in [5.41, 5.74) is 1.83. The maximum Gasteiger partial charge on any atom is 0.326 e. The number of carboxylic acids is 1. The molecule has 2 heterocycles. The van der Waals surface area contributed by atoms with Gasteiger partial charge in [-0.05, 0) is 0 Å². The predicted molar refractivity (Wildman–Crippen MR) is 76.9 cm³/mol. The molecule has 1 aromatic carbocycles. The van der Waals surface area contributed by atoms with E-state index in [9.17, 15) is 15.0 Å². The monoisotopic (exact) mass is 290 g/mol. The number of benzene rings is 1. The minimum atomic E-state index is -0.919. The summed E-state index contributed by atoms with van der Waals surface area (Å²) in [7, 11) is 0. The van der Waals surface area contributed by atoms with Gasteiger partial charge in [0.25, 0.3) is 0 Å². The quantitative estimate of drug-likeness (QED) is 0.902. The van der Waals surface area contributed by atoms with Crippen molar-refractivity contribution < 1.29 is 15.0 Å². The van der Waals surface area contributed by atoms with Gasteiger partial charge < -0.3 is 15.1 Å². The van der Waals surface area contributed by atoms with E-state index in [4.69, 9.17) is 0 Å². The van der Waals surface area contributed by atoms with Crippen LogP contribution in [-0.2, 0) is 4.79 Å². The average molecular weight is 290 g/mol. The molecule has 0 spiro atoms. The number of rotatable bonds is 3. The van der Waals surface area contributed by atoms with Crippen molar-refractivity contribution in [3.63, 3.8) is 0 Å². The molecule has 3 rings (SSSR count). The SMILES string of the molecule is O=C(O)C1CC(O)CN1c1nc(-c2ccccc2)cs1. The average Bonchev–Trinajstić information content (AvgIpc) is 3.06. The van der Waals surface area contributed by atoms with Crippen LogP contribution < -0.4 is 4.90 Å². The number of aliphatic hydroxyl groups is 1. The topological polar surface area (TPSA) is 73.7 Å². The van der Waals surface area contributed by atoms with Crippen LogP contribution in [0.3, 0.4) is 0 Å². The molecular weight excluding hydrogens is 276 g/mol. The number of aliphatic hydroxyl groups excluding tert-OH is 1. The molecule has 1 aliphatic heterocycles. The molecule has 2 N–H and O–H groups in total. The summed E-state index contributed by atoms with van der Waals surface area (Å²) in [6, 6.07) is 9.05.